The summed E-state index contributed by atoms with van der Waals surface area (Å²) < 4.78 is 0. The Kier molecular flexibility index (Phi) is 8.85. The molecule has 0 saturated heterocycles. The smallest absolute Gasteiger partial charge is 0.244 e. The highest BCUT2D eigenvalue weighted by molar-refractivity contribution is 8.00. The third-order valence-corrected chi connectivity index (χ3v) is 18.3. The maximum absolute atomic E-state index is 2.56. The standard InChI is InChI=1S/C54H52BNSSi/c1-34(2)37-31-39(35(3)4)53(40(32-37)36(5)6)55-45-23-13-16-26-49(45)57-50-33-38(29-30-46(50)55)56-47-24-14-9-19-41(47)54(42-20-10-15-25-48(42)56)43-21-11-17-27-51(43)58(7,8)52-28-18-12-22-44(52)54/h9-36H,1-8H3. The van der Waals surface area contributed by atoms with Gasteiger partial charge in [0.25, 0.3) is 0 Å². The molecule has 0 unspecified atom stereocenters. The molecule has 3 aliphatic heterocycles. The number of rotatable bonds is 5. The third kappa shape index (κ3) is 5.30. The third-order valence-electron chi connectivity index (χ3n) is 13.6. The lowest BCUT2D eigenvalue weighted by Crippen LogP contribution is -2.63. The van der Waals surface area contributed by atoms with Gasteiger partial charge in [-0.3, -0.25) is 0 Å². The Balaban J connectivity index is 1.21. The highest BCUT2D eigenvalue weighted by atomic mass is 32.2. The van der Waals surface area contributed by atoms with E-state index in [0.29, 0.717) is 17.8 Å². The molecular formula is C54H52BNSSi. The van der Waals surface area contributed by atoms with Crippen LogP contribution in [0.1, 0.15) is 98.2 Å². The lowest BCUT2D eigenvalue weighted by molar-refractivity contribution is 0.735. The van der Waals surface area contributed by atoms with Crippen LogP contribution in [0.2, 0.25) is 13.1 Å². The van der Waals surface area contributed by atoms with Crippen molar-refractivity contribution in [3.8, 4) is 0 Å². The van der Waals surface area contributed by atoms with Crippen LogP contribution in [0, 0.1) is 0 Å². The molecule has 1 spiro atoms. The maximum atomic E-state index is 2.56. The summed E-state index contributed by atoms with van der Waals surface area (Å²) in [6.45, 7) is 19.4. The van der Waals surface area contributed by atoms with E-state index >= 15 is 0 Å². The number of benzene rings is 7. The van der Waals surface area contributed by atoms with Crippen LogP contribution < -0.4 is 31.7 Å². The molecule has 3 aliphatic rings. The second-order valence-electron chi connectivity index (χ2n) is 18.2. The molecule has 0 aliphatic carbocycles. The molecule has 1 nitrogen and oxygen atoms in total. The normalized spacial score (nSPS) is 15.5. The van der Waals surface area contributed by atoms with Gasteiger partial charge in [0, 0.05) is 15.5 Å². The minimum Gasteiger partial charge on any atom is -0.310 e. The highest BCUT2D eigenvalue weighted by Gasteiger charge is 2.53. The van der Waals surface area contributed by atoms with E-state index < -0.39 is 13.5 Å². The fourth-order valence-corrected chi connectivity index (χ4v) is 15.2. The Bertz CT molecular complexity index is 2630. The molecule has 0 fully saturated rings. The zero-order chi connectivity index (χ0) is 40.1. The molecule has 0 amide bonds. The van der Waals surface area contributed by atoms with Gasteiger partial charge in [-0.1, -0.05) is 204 Å². The summed E-state index contributed by atoms with van der Waals surface area (Å²) in [6, 6.07) is 58.9. The van der Waals surface area contributed by atoms with E-state index in [4.69, 9.17) is 0 Å². The molecular weight excluding hydrogens is 734 g/mol. The van der Waals surface area contributed by atoms with Crippen LogP contribution in [-0.4, -0.2) is 14.8 Å². The Morgan fingerprint density at radius 1 is 0.500 bits per heavy atom. The van der Waals surface area contributed by atoms with Gasteiger partial charge >= 0.3 is 0 Å². The Labute approximate surface area is 351 Å². The molecule has 10 rings (SSSR count). The Hall–Kier alpha value is -5.03. The monoisotopic (exact) mass is 785 g/mol. The van der Waals surface area contributed by atoms with Crippen LogP contribution in [0.3, 0.4) is 0 Å². The number of para-hydroxylation sites is 2. The maximum Gasteiger partial charge on any atom is 0.244 e. The topological polar surface area (TPSA) is 3.24 Å². The van der Waals surface area contributed by atoms with Gasteiger partial charge < -0.3 is 4.90 Å². The minimum atomic E-state index is -1.99. The first-order chi connectivity index (χ1) is 28.0. The van der Waals surface area contributed by atoms with Crippen molar-refractivity contribution in [1.82, 2.24) is 0 Å². The van der Waals surface area contributed by atoms with Crippen molar-refractivity contribution in [2.24, 2.45) is 0 Å². The van der Waals surface area contributed by atoms with Crippen molar-refractivity contribution < 1.29 is 0 Å². The van der Waals surface area contributed by atoms with Gasteiger partial charge in [-0.05, 0) is 97.4 Å². The fourth-order valence-electron chi connectivity index (χ4n) is 10.8. The molecule has 7 aromatic rings. The average molecular weight is 786 g/mol. The summed E-state index contributed by atoms with van der Waals surface area (Å²) in [5, 5.41) is 3.06. The summed E-state index contributed by atoms with van der Waals surface area (Å²) >= 11 is 1.94. The van der Waals surface area contributed by atoms with Crippen molar-refractivity contribution in [1.29, 1.82) is 0 Å². The van der Waals surface area contributed by atoms with Gasteiger partial charge in [0.1, 0.15) is 8.07 Å². The van der Waals surface area contributed by atoms with Gasteiger partial charge in [-0.25, -0.2) is 0 Å². The summed E-state index contributed by atoms with van der Waals surface area (Å²) in [4.78, 5) is 5.26. The summed E-state index contributed by atoms with van der Waals surface area (Å²) in [5.74, 6) is 1.30. The van der Waals surface area contributed by atoms with Crippen LogP contribution in [0.5, 0.6) is 0 Å². The molecule has 0 atom stereocenters. The quantitative estimate of drug-likeness (QED) is 0.160. The van der Waals surface area contributed by atoms with Gasteiger partial charge in [0.15, 0.2) is 0 Å². The summed E-state index contributed by atoms with van der Waals surface area (Å²) in [5.41, 5.74) is 17.6. The largest absolute Gasteiger partial charge is 0.310 e. The van der Waals surface area contributed by atoms with E-state index in [1.54, 1.807) is 0 Å². The molecule has 4 heteroatoms. The van der Waals surface area contributed by atoms with Gasteiger partial charge in [0.05, 0.1) is 16.8 Å². The number of hydrogen-bond acceptors (Lipinski definition) is 2. The van der Waals surface area contributed by atoms with Crippen molar-refractivity contribution in [2.75, 3.05) is 4.90 Å². The first-order valence-corrected chi connectivity index (χ1v) is 25.1. The number of anilines is 3. The molecule has 0 N–H and O–H groups in total. The zero-order valence-electron chi connectivity index (χ0n) is 35.1. The predicted molar refractivity (Wildman–Crippen MR) is 254 cm³/mol. The number of nitrogens with zero attached hydrogens (tertiary/aromatic N) is 1. The van der Waals surface area contributed by atoms with Crippen LogP contribution in [0.25, 0.3) is 0 Å². The highest BCUT2D eigenvalue weighted by Crippen LogP contribution is 2.58. The van der Waals surface area contributed by atoms with Crippen molar-refractivity contribution >= 4 is 70.4 Å². The van der Waals surface area contributed by atoms with Crippen LogP contribution in [-0.2, 0) is 5.41 Å². The average Bonchev–Trinajstić information content (AvgIpc) is 3.23. The summed E-state index contributed by atoms with van der Waals surface area (Å²) in [6.07, 6.45) is 0. The van der Waals surface area contributed by atoms with Crippen LogP contribution >= 0.6 is 11.8 Å². The van der Waals surface area contributed by atoms with Gasteiger partial charge in [-0.2, -0.15) is 0 Å². The van der Waals surface area contributed by atoms with E-state index in [2.05, 4.69) is 211 Å². The van der Waals surface area contributed by atoms with Crippen molar-refractivity contribution in [3.05, 3.63) is 191 Å². The molecule has 3 heterocycles. The molecule has 286 valence electrons. The lowest BCUT2D eigenvalue weighted by atomic mass is 9.34. The minimum absolute atomic E-state index is 0.157. The van der Waals surface area contributed by atoms with Crippen LogP contribution in [0.15, 0.2) is 161 Å². The second kappa shape index (κ2) is 13.8. The zero-order valence-corrected chi connectivity index (χ0v) is 36.9. The predicted octanol–water partition coefficient (Wildman–Crippen LogP) is 11.3. The molecule has 0 aromatic heterocycles. The van der Waals surface area contributed by atoms with E-state index in [1.165, 1.54) is 92.6 Å². The fraction of sp³-hybridized carbons (Fsp3) is 0.222. The van der Waals surface area contributed by atoms with Gasteiger partial charge in [-0.15, -0.1) is 0 Å². The van der Waals surface area contributed by atoms with Gasteiger partial charge in [0.2, 0.25) is 6.71 Å². The Morgan fingerprint density at radius 2 is 0.983 bits per heavy atom. The van der Waals surface area contributed by atoms with Crippen molar-refractivity contribution in [3.63, 3.8) is 0 Å². The molecule has 7 aromatic carbocycles. The van der Waals surface area contributed by atoms with E-state index in [-0.39, 0.29) is 6.71 Å². The SMILES string of the molecule is CC(C)c1cc(C(C)C)c(B2c3ccccc3Sc3cc(N4c5ccccc5C5(c6ccccc64)c4ccccc4[Si](C)(C)c4ccccc45)ccc32)c(C(C)C)c1. The molecule has 0 bridgehead atoms. The Morgan fingerprint density at radius 3 is 1.53 bits per heavy atom. The first kappa shape index (κ1) is 37.3. The number of hydrogen-bond donors (Lipinski definition) is 0. The van der Waals surface area contributed by atoms with E-state index in [1.807, 2.05) is 11.8 Å². The van der Waals surface area contributed by atoms with Crippen LogP contribution in [0.4, 0.5) is 17.1 Å². The van der Waals surface area contributed by atoms with Crippen molar-refractivity contribution in [2.45, 2.75) is 87.6 Å². The number of fused-ring (bicyclic) bond motifs is 10. The lowest BCUT2D eigenvalue weighted by Gasteiger charge is -2.52. The molecule has 0 radical (unpaired) electrons. The van der Waals surface area contributed by atoms with E-state index in [0.717, 1.165) is 0 Å². The first-order valence-electron chi connectivity index (χ1n) is 21.3. The second-order valence-corrected chi connectivity index (χ2v) is 23.6. The molecule has 0 saturated carbocycles. The molecule has 58 heavy (non-hydrogen) atoms. The summed E-state index contributed by atoms with van der Waals surface area (Å²) in [7, 11) is -1.99. The van der Waals surface area contributed by atoms with E-state index in [9.17, 15) is 0 Å².